The van der Waals surface area contributed by atoms with E-state index in [-0.39, 0.29) is 6.10 Å². The van der Waals surface area contributed by atoms with Gasteiger partial charge in [0.2, 0.25) is 0 Å². The van der Waals surface area contributed by atoms with E-state index >= 15 is 0 Å². The Morgan fingerprint density at radius 2 is 0.818 bits per heavy atom. The van der Waals surface area contributed by atoms with Gasteiger partial charge < -0.3 is 9.47 Å². The number of hydrogen-bond donors (Lipinski definition) is 0. The van der Waals surface area contributed by atoms with Gasteiger partial charge in [-0.05, 0) is 19.3 Å². The first-order chi connectivity index (χ1) is 16.1. The predicted molar refractivity (Wildman–Crippen MR) is 144 cm³/mol. The first-order valence-corrected chi connectivity index (χ1v) is 14.9. The average Bonchev–Trinajstić information content (AvgIpc) is 2.79. The Bertz CT molecular complexity index is 394. The first-order valence-electron chi connectivity index (χ1n) is 14.9. The van der Waals surface area contributed by atoms with Crippen LogP contribution in [0, 0.1) is 5.92 Å². The van der Waals surface area contributed by atoms with Crippen molar-refractivity contribution in [2.75, 3.05) is 6.61 Å². The highest BCUT2D eigenvalue weighted by molar-refractivity contribution is 5.60. The largest absolute Gasteiger partial charge is 0.508 e. The number of hydrogen-bond acceptors (Lipinski definition) is 3. The molecule has 33 heavy (non-hydrogen) atoms. The second kappa shape index (κ2) is 25.9. The van der Waals surface area contributed by atoms with Crippen LogP contribution in [0.5, 0.6) is 0 Å². The second-order valence-corrected chi connectivity index (χ2v) is 10.6. The minimum absolute atomic E-state index is 0.0814. The molecule has 0 bridgehead atoms. The third-order valence-electron chi connectivity index (χ3n) is 6.94. The quantitative estimate of drug-likeness (QED) is 0.0986. The van der Waals surface area contributed by atoms with Gasteiger partial charge >= 0.3 is 6.16 Å². The molecule has 0 spiro atoms. The van der Waals surface area contributed by atoms with Crippen molar-refractivity contribution in [1.82, 2.24) is 0 Å². The highest BCUT2D eigenvalue weighted by Crippen LogP contribution is 2.15. The molecule has 0 aromatic rings. The van der Waals surface area contributed by atoms with Crippen LogP contribution in [0.25, 0.3) is 0 Å². The Morgan fingerprint density at radius 1 is 0.515 bits per heavy atom. The van der Waals surface area contributed by atoms with Crippen molar-refractivity contribution < 1.29 is 14.3 Å². The third-order valence-corrected chi connectivity index (χ3v) is 6.94. The van der Waals surface area contributed by atoms with Crippen molar-refractivity contribution >= 4 is 6.16 Å². The Hall–Kier alpha value is -0.730. The van der Waals surface area contributed by atoms with E-state index in [4.69, 9.17) is 9.47 Å². The molecule has 3 heteroatoms. The molecule has 3 nitrogen and oxygen atoms in total. The molecule has 0 aliphatic carbocycles. The van der Waals surface area contributed by atoms with Crippen LogP contribution in [0.15, 0.2) is 0 Å². The van der Waals surface area contributed by atoms with Crippen LogP contribution < -0.4 is 0 Å². The normalized spacial score (nSPS) is 12.3. The maximum atomic E-state index is 11.5. The van der Waals surface area contributed by atoms with Gasteiger partial charge in [0, 0.05) is 0 Å². The number of carbonyl (C=O) groups excluding carboxylic acids is 1. The van der Waals surface area contributed by atoms with Crippen LogP contribution >= 0.6 is 0 Å². The molecule has 0 fully saturated rings. The lowest BCUT2D eigenvalue weighted by atomic mass is 10.0. The summed E-state index contributed by atoms with van der Waals surface area (Å²) in [6, 6.07) is 0. The Balaban J connectivity index is 3.12. The van der Waals surface area contributed by atoms with Gasteiger partial charge in [-0.3, -0.25) is 0 Å². The second-order valence-electron chi connectivity index (χ2n) is 10.6. The summed E-state index contributed by atoms with van der Waals surface area (Å²) in [6.45, 7) is 8.77. The van der Waals surface area contributed by atoms with E-state index in [1.54, 1.807) is 0 Å². The van der Waals surface area contributed by atoms with E-state index in [0.717, 1.165) is 12.8 Å². The Morgan fingerprint density at radius 3 is 1.12 bits per heavy atom. The molecule has 1 atom stereocenters. The zero-order chi connectivity index (χ0) is 24.4. The lowest BCUT2D eigenvalue weighted by Gasteiger charge is -2.16. The molecule has 198 valence electrons. The van der Waals surface area contributed by atoms with Crippen molar-refractivity contribution in [3.63, 3.8) is 0 Å². The fraction of sp³-hybridized carbons (Fsp3) is 0.967. The van der Waals surface area contributed by atoms with Crippen molar-refractivity contribution in [2.24, 2.45) is 5.92 Å². The van der Waals surface area contributed by atoms with Gasteiger partial charge in [0.25, 0.3) is 0 Å². The molecule has 0 saturated carbocycles. The standard InChI is InChI=1S/C30H60O3/c1-5-6-7-8-9-10-11-12-13-14-15-16-17-18-19-20-21-22-23-24-25-26-27-32-30(31)33-29(4)28(2)3/h28-29H,5-27H2,1-4H3. The zero-order valence-corrected chi connectivity index (χ0v) is 23.1. The predicted octanol–water partition coefficient (Wildman–Crippen LogP) is 10.8. The summed E-state index contributed by atoms with van der Waals surface area (Å²) in [7, 11) is 0. The average molecular weight is 469 g/mol. The van der Waals surface area contributed by atoms with Crippen LogP contribution in [0.1, 0.15) is 169 Å². The van der Waals surface area contributed by atoms with Crippen LogP contribution in [0.3, 0.4) is 0 Å². The van der Waals surface area contributed by atoms with Crippen LogP contribution in [0.4, 0.5) is 4.79 Å². The van der Waals surface area contributed by atoms with Gasteiger partial charge in [0.15, 0.2) is 0 Å². The minimum Gasteiger partial charge on any atom is -0.434 e. The third kappa shape index (κ3) is 25.7. The van der Waals surface area contributed by atoms with Gasteiger partial charge in [-0.25, -0.2) is 4.79 Å². The summed E-state index contributed by atoms with van der Waals surface area (Å²) < 4.78 is 10.3. The molecule has 0 aliphatic rings. The molecule has 0 aliphatic heterocycles. The lowest BCUT2D eigenvalue weighted by Crippen LogP contribution is -2.21. The minimum atomic E-state index is -0.514. The number of carbonyl (C=O) groups is 1. The van der Waals surface area contributed by atoms with Gasteiger partial charge in [-0.2, -0.15) is 0 Å². The van der Waals surface area contributed by atoms with Crippen LogP contribution in [0.2, 0.25) is 0 Å². The molecule has 0 saturated heterocycles. The highest BCUT2D eigenvalue weighted by atomic mass is 16.7. The molecule has 0 heterocycles. The fourth-order valence-corrected chi connectivity index (χ4v) is 4.19. The molecule has 0 amide bonds. The molecule has 0 rings (SSSR count). The molecular formula is C30H60O3. The summed E-state index contributed by atoms with van der Waals surface area (Å²) in [5.41, 5.74) is 0. The monoisotopic (exact) mass is 468 g/mol. The number of ether oxygens (including phenoxy) is 2. The number of unbranched alkanes of at least 4 members (excludes halogenated alkanes) is 21. The summed E-state index contributed by atoms with van der Waals surface area (Å²) >= 11 is 0. The smallest absolute Gasteiger partial charge is 0.434 e. The number of rotatable bonds is 25. The SMILES string of the molecule is CCCCCCCCCCCCCCCCCCCCCCCCOC(=O)OC(C)C(C)C. The first kappa shape index (κ1) is 32.3. The van der Waals surface area contributed by atoms with Gasteiger partial charge in [0.05, 0.1) is 6.61 Å². The van der Waals surface area contributed by atoms with Gasteiger partial charge in [-0.1, -0.05) is 156 Å². The van der Waals surface area contributed by atoms with E-state index < -0.39 is 6.16 Å². The molecule has 0 aromatic heterocycles. The van der Waals surface area contributed by atoms with E-state index in [2.05, 4.69) is 6.92 Å². The van der Waals surface area contributed by atoms with Gasteiger partial charge in [0.1, 0.15) is 6.10 Å². The molecule has 0 radical (unpaired) electrons. The summed E-state index contributed by atoms with van der Waals surface area (Å²) in [5, 5.41) is 0. The molecule has 0 N–H and O–H groups in total. The van der Waals surface area contributed by atoms with E-state index in [9.17, 15) is 4.79 Å². The Kier molecular flexibility index (Phi) is 25.3. The maximum Gasteiger partial charge on any atom is 0.508 e. The van der Waals surface area contributed by atoms with Gasteiger partial charge in [-0.15, -0.1) is 0 Å². The summed E-state index contributed by atoms with van der Waals surface area (Å²) in [6.07, 6.45) is 29.9. The zero-order valence-electron chi connectivity index (χ0n) is 23.1. The van der Waals surface area contributed by atoms with Crippen molar-refractivity contribution in [1.29, 1.82) is 0 Å². The van der Waals surface area contributed by atoms with Crippen LogP contribution in [-0.4, -0.2) is 18.9 Å². The Labute approximate surface area is 208 Å². The lowest BCUT2D eigenvalue weighted by molar-refractivity contribution is 0.0140. The van der Waals surface area contributed by atoms with Crippen LogP contribution in [-0.2, 0) is 9.47 Å². The maximum absolute atomic E-state index is 11.5. The summed E-state index contributed by atoms with van der Waals surface area (Å²) in [4.78, 5) is 11.5. The van der Waals surface area contributed by atoms with Crippen molar-refractivity contribution in [3.8, 4) is 0 Å². The van der Waals surface area contributed by atoms with E-state index in [1.165, 1.54) is 128 Å². The molecule has 0 aromatic carbocycles. The molecular weight excluding hydrogens is 408 g/mol. The van der Waals surface area contributed by atoms with Crippen molar-refractivity contribution in [2.45, 2.75) is 175 Å². The highest BCUT2D eigenvalue weighted by Gasteiger charge is 2.13. The summed E-state index contributed by atoms with van der Waals surface area (Å²) in [5.74, 6) is 0.326. The molecule has 1 unspecified atom stereocenters. The van der Waals surface area contributed by atoms with E-state index in [0.29, 0.717) is 12.5 Å². The van der Waals surface area contributed by atoms with Crippen molar-refractivity contribution in [3.05, 3.63) is 0 Å². The fourth-order valence-electron chi connectivity index (χ4n) is 4.19. The topological polar surface area (TPSA) is 35.5 Å². The van der Waals surface area contributed by atoms with E-state index in [1.807, 2.05) is 20.8 Å².